The summed E-state index contributed by atoms with van der Waals surface area (Å²) in [5.41, 5.74) is 6.13. The van der Waals surface area contributed by atoms with E-state index in [9.17, 15) is 9.59 Å². The molecule has 0 aliphatic rings. The molecular formula is C12H10N4O2. The number of hydrogen-bond donors (Lipinski definition) is 2. The minimum absolute atomic E-state index is 0.167. The van der Waals surface area contributed by atoms with E-state index < -0.39 is 5.91 Å². The number of amides is 2. The topological polar surface area (TPSA) is 98.0 Å². The molecule has 0 radical (unpaired) electrons. The highest BCUT2D eigenvalue weighted by Crippen LogP contribution is 2.14. The molecule has 90 valence electrons. The maximum absolute atomic E-state index is 11.9. The second kappa shape index (κ2) is 5.05. The van der Waals surface area contributed by atoms with Crippen molar-refractivity contribution < 1.29 is 9.59 Å². The van der Waals surface area contributed by atoms with Crippen LogP contribution in [-0.2, 0) is 0 Å². The Morgan fingerprint density at radius 1 is 1.06 bits per heavy atom. The lowest BCUT2D eigenvalue weighted by atomic mass is 10.2. The average molecular weight is 242 g/mol. The van der Waals surface area contributed by atoms with Crippen LogP contribution in [0.3, 0.4) is 0 Å². The molecule has 0 saturated carbocycles. The smallest absolute Gasteiger partial charge is 0.255 e. The number of nitrogens with two attached hydrogens (primary N) is 1. The van der Waals surface area contributed by atoms with Gasteiger partial charge < -0.3 is 11.1 Å². The number of aromatic nitrogens is 2. The van der Waals surface area contributed by atoms with Crippen LogP contribution in [0.2, 0.25) is 0 Å². The van der Waals surface area contributed by atoms with E-state index >= 15 is 0 Å². The third-order valence-corrected chi connectivity index (χ3v) is 2.28. The Morgan fingerprint density at radius 3 is 2.39 bits per heavy atom. The lowest BCUT2D eigenvalue weighted by Gasteiger charge is -2.07. The van der Waals surface area contributed by atoms with Gasteiger partial charge in [0.1, 0.15) is 0 Å². The van der Waals surface area contributed by atoms with Crippen molar-refractivity contribution in [3.8, 4) is 0 Å². The molecule has 0 atom stereocenters. The van der Waals surface area contributed by atoms with Crippen LogP contribution in [0, 0.1) is 0 Å². The lowest BCUT2D eigenvalue weighted by molar-refractivity contribution is 0.100. The van der Waals surface area contributed by atoms with Crippen molar-refractivity contribution in [1.82, 2.24) is 9.97 Å². The first-order chi connectivity index (χ1) is 8.68. The Balaban J connectivity index is 2.25. The van der Waals surface area contributed by atoms with E-state index in [1.807, 2.05) is 0 Å². The van der Waals surface area contributed by atoms with Crippen LogP contribution in [0.15, 0.2) is 43.0 Å². The van der Waals surface area contributed by atoms with Crippen molar-refractivity contribution >= 4 is 17.5 Å². The highest BCUT2D eigenvalue weighted by atomic mass is 16.2. The summed E-state index contributed by atoms with van der Waals surface area (Å²) in [6.07, 6.45) is 5.80. The summed E-state index contributed by atoms with van der Waals surface area (Å²) < 4.78 is 0. The van der Waals surface area contributed by atoms with Crippen LogP contribution in [0.4, 0.5) is 5.69 Å². The van der Waals surface area contributed by atoms with Crippen LogP contribution in [-0.4, -0.2) is 21.8 Å². The van der Waals surface area contributed by atoms with Gasteiger partial charge in [-0.2, -0.15) is 0 Å². The molecule has 2 aromatic rings. The Labute approximate surface area is 103 Å². The van der Waals surface area contributed by atoms with Crippen LogP contribution in [0.25, 0.3) is 0 Å². The van der Waals surface area contributed by atoms with Gasteiger partial charge in [0.05, 0.1) is 11.3 Å². The van der Waals surface area contributed by atoms with Crippen molar-refractivity contribution in [1.29, 1.82) is 0 Å². The van der Waals surface area contributed by atoms with Gasteiger partial charge in [0.15, 0.2) is 0 Å². The Hall–Kier alpha value is -2.76. The van der Waals surface area contributed by atoms with Gasteiger partial charge in [0.25, 0.3) is 11.8 Å². The van der Waals surface area contributed by atoms with Crippen molar-refractivity contribution in [3.63, 3.8) is 0 Å². The highest BCUT2D eigenvalue weighted by Gasteiger charge is 2.11. The minimum atomic E-state index is -0.645. The van der Waals surface area contributed by atoms with E-state index in [-0.39, 0.29) is 11.5 Å². The summed E-state index contributed by atoms with van der Waals surface area (Å²) in [7, 11) is 0. The van der Waals surface area contributed by atoms with Crippen molar-refractivity contribution in [2.45, 2.75) is 0 Å². The summed E-state index contributed by atoms with van der Waals surface area (Å²) in [5.74, 6) is -0.987. The monoisotopic (exact) mass is 242 g/mol. The van der Waals surface area contributed by atoms with Crippen LogP contribution < -0.4 is 11.1 Å². The lowest BCUT2D eigenvalue weighted by Crippen LogP contribution is -2.18. The molecule has 0 unspecified atom stereocenters. The molecular weight excluding hydrogens is 232 g/mol. The molecule has 6 heteroatoms. The van der Waals surface area contributed by atoms with E-state index in [2.05, 4.69) is 15.3 Å². The Morgan fingerprint density at radius 2 is 1.72 bits per heavy atom. The number of pyridine rings is 2. The number of nitrogens with one attached hydrogen (secondary N) is 1. The van der Waals surface area contributed by atoms with E-state index in [0.29, 0.717) is 11.3 Å². The number of hydrogen-bond acceptors (Lipinski definition) is 4. The number of primary amides is 1. The van der Waals surface area contributed by atoms with Gasteiger partial charge in [-0.25, -0.2) is 0 Å². The number of nitrogens with zero attached hydrogens (tertiary/aromatic N) is 2. The van der Waals surface area contributed by atoms with Gasteiger partial charge in [-0.15, -0.1) is 0 Å². The van der Waals surface area contributed by atoms with Gasteiger partial charge in [0.2, 0.25) is 0 Å². The van der Waals surface area contributed by atoms with Crippen LogP contribution >= 0.6 is 0 Å². The molecule has 0 aliphatic carbocycles. The molecule has 2 heterocycles. The van der Waals surface area contributed by atoms with Crippen molar-refractivity contribution in [2.24, 2.45) is 5.73 Å². The molecule has 0 aliphatic heterocycles. The predicted octanol–water partition coefficient (Wildman–Crippen LogP) is 0.828. The molecule has 3 N–H and O–H groups in total. The summed E-state index contributed by atoms with van der Waals surface area (Å²) in [4.78, 5) is 30.6. The molecule has 2 amide bonds. The molecule has 0 bridgehead atoms. The van der Waals surface area contributed by atoms with Gasteiger partial charge in [-0.3, -0.25) is 19.6 Å². The number of carbonyl (C=O) groups is 2. The summed E-state index contributed by atoms with van der Waals surface area (Å²) >= 11 is 0. The molecule has 0 spiro atoms. The predicted molar refractivity (Wildman–Crippen MR) is 64.9 cm³/mol. The number of anilines is 1. The molecule has 2 rings (SSSR count). The molecule has 18 heavy (non-hydrogen) atoms. The zero-order valence-electron chi connectivity index (χ0n) is 9.33. The average Bonchev–Trinajstić information content (AvgIpc) is 2.40. The zero-order valence-corrected chi connectivity index (χ0v) is 9.33. The first kappa shape index (κ1) is 11.7. The normalized spacial score (nSPS) is 9.78. The summed E-state index contributed by atoms with van der Waals surface area (Å²) in [6.45, 7) is 0. The van der Waals surface area contributed by atoms with Crippen LogP contribution in [0.5, 0.6) is 0 Å². The number of rotatable bonds is 3. The molecule has 0 aromatic carbocycles. The third kappa shape index (κ3) is 2.49. The molecule has 2 aromatic heterocycles. The van der Waals surface area contributed by atoms with E-state index in [1.54, 1.807) is 12.1 Å². The summed E-state index contributed by atoms with van der Waals surface area (Å²) in [5, 5.41) is 2.60. The van der Waals surface area contributed by atoms with Crippen LogP contribution in [0.1, 0.15) is 20.7 Å². The molecule has 6 nitrogen and oxygen atoms in total. The van der Waals surface area contributed by atoms with Crippen molar-refractivity contribution in [2.75, 3.05) is 5.32 Å². The van der Waals surface area contributed by atoms with E-state index in [4.69, 9.17) is 5.73 Å². The SMILES string of the molecule is NC(=O)c1cnccc1NC(=O)c1ccncc1. The fraction of sp³-hybridized carbons (Fsp3) is 0. The highest BCUT2D eigenvalue weighted by molar-refractivity contribution is 6.08. The Kier molecular flexibility index (Phi) is 3.29. The Bertz CT molecular complexity index is 584. The molecule has 0 fully saturated rings. The minimum Gasteiger partial charge on any atom is -0.365 e. The number of carbonyl (C=O) groups excluding carboxylic acids is 2. The van der Waals surface area contributed by atoms with Gasteiger partial charge in [-0.1, -0.05) is 0 Å². The fourth-order valence-corrected chi connectivity index (χ4v) is 1.40. The van der Waals surface area contributed by atoms with E-state index in [0.717, 1.165) is 0 Å². The quantitative estimate of drug-likeness (QED) is 0.832. The maximum Gasteiger partial charge on any atom is 0.255 e. The second-order valence-electron chi connectivity index (χ2n) is 3.48. The largest absolute Gasteiger partial charge is 0.365 e. The second-order valence-corrected chi connectivity index (χ2v) is 3.48. The first-order valence-electron chi connectivity index (χ1n) is 5.13. The first-order valence-corrected chi connectivity index (χ1v) is 5.13. The zero-order chi connectivity index (χ0) is 13.0. The third-order valence-electron chi connectivity index (χ3n) is 2.28. The maximum atomic E-state index is 11.9. The summed E-state index contributed by atoms with van der Waals surface area (Å²) in [6, 6.07) is 4.65. The van der Waals surface area contributed by atoms with E-state index in [1.165, 1.54) is 30.9 Å². The molecule has 0 saturated heterocycles. The van der Waals surface area contributed by atoms with Crippen molar-refractivity contribution in [3.05, 3.63) is 54.1 Å². The van der Waals surface area contributed by atoms with Gasteiger partial charge >= 0.3 is 0 Å². The van der Waals surface area contributed by atoms with Gasteiger partial charge in [0, 0.05) is 30.4 Å². The van der Waals surface area contributed by atoms with Gasteiger partial charge in [-0.05, 0) is 18.2 Å². The standard InChI is InChI=1S/C12H10N4O2/c13-11(17)9-7-15-6-3-10(9)16-12(18)8-1-4-14-5-2-8/h1-7H,(H2,13,17)(H,15,16,18). The fourth-order valence-electron chi connectivity index (χ4n) is 1.40.